The Bertz CT molecular complexity index is 945. The second-order valence-electron chi connectivity index (χ2n) is 5.96. The van der Waals surface area contributed by atoms with Crippen molar-refractivity contribution in [1.29, 1.82) is 0 Å². The summed E-state index contributed by atoms with van der Waals surface area (Å²) in [7, 11) is 0. The Labute approximate surface area is 156 Å². The van der Waals surface area contributed by atoms with Crippen molar-refractivity contribution in [2.75, 3.05) is 6.61 Å². The maximum atomic E-state index is 12.1. The number of rotatable bonds is 6. The highest BCUT2D eigenvalue weighted by molar-refractivity contribution is 6.13. The number of nitrogens with zero attached hydrogens (tertiary/aromatic N) is 2. The van der Waals surface area contributed by atoms with Crippen LogP contribution >= 0.6 is 0 Å². The molecule has 0 saturated heterocycles. The molecule has 138 valence electrons. The van der Waals surface area contributed by atoms with Crippen molar-refractivity contribution in [2.45, 2.75) is 20.3 Å². The van der Waals surface area contributed by atoms with Gasteiger partial charge in [-0.2, -0.15) is 0 Å². The minimum Gasteiger partial charge on any atom is -0.494 e. The zero-order valence-electron chi connectivity index (χ0n) is 15.0. The number of hydrogen-bond acceptors (Lipinski definition) is 6. The van der Waals surface area contributed by atoms with Gasteiger partial charge in [0.25, 0.3) is 5.69 Å². The number of carbonyl (C=O) groups excluding carboxylic acids is 1. The van der Waals surface area contributed by atoms with E-state index in [4.69, 9.17) is 9.47 Å². The maximum Gasteiger partial charge on any atom is 0.363 e. The summed E-state index contributed by atoms with van der Waals surface area (Å²) in [4.78, 5) is 27.0. The number of carbonyl (C=O) groups is 1. The van der Waals surface area contributed by atoms with Crippen LogP contribution in [0.15, 0.2) is 53.2 Å². The van der Waals surface area contributed by atoms with Gasteiger partial charge in [-0.25, -0.2) is 9.79 Å². The normalized spacial score (nSPS) is 14.8. The lowest BCUT2D eigenvalue weighted by Crippen LogP contribution is -2.08. The summed E-state index contributed by atoms with van der Waals surface area (Å²) < 4.78 is 10.7. The monoisotopic (exact) mass is 366 g/mol. The fraction of sp³-hybridized carbons (Fsp3) is 0.200. The average molecular weight is 366 g/mol. The van der Waals surface area contributed by atoms with Crippen molar-refractivity contribution in [3.8, 4) is 5.75 Å². The summed E-state index contributed by atoms with van der Waals surface area (Å²) in [6.07, 6.45) is 2.53. The minimum atomic E-state index is -0.595. The third kappa shape index (κ3) is 4.03. The highest BCUT2D eigenvalue weighted by atomic mass is 16.6. The second-order valence-corrected chi connectivity index (χ2v) is 5.96. The van der Waals surface area contributed by atoms with Crippen molar-refractivity contribution in [3.63, 3.8) is 0 Å². The van der Waals surface area contributed by atoms with Crippen LogP contribution in [0.5, 0.6) is 5.75 Å². The Morgan fingerprint density at radius 1 is 1.22 bits per heavy atom. The summed E-state index contributed by atoms with van der Waals surface area (Å²) in [5, 5.41) is 11.1. The summed E-state index contributed by atoms with van der Waals surface area (Å²) >= 11 is 0. The van der Waals surface area contributed by atoms with Crippen LogP contribution in [0.25, 0.3) is 6.08 Å². The Hall–Kier alpha value is -3.48. The smallest absolute Gasteiger partial charge is 0.363 e. The van der Waals surface area contributed by atoms with Gasteiger partial charge in [-0.05, 0) is 43.2 Å². The molecule has 7 heteroatoms. The maximum absolute atomic E-state index is 12.1. The van der Waals surface area contributed by atoms with Gasteiger partial charge in [0.15, 0.2) is 5.70 Å². The summed E-state index contributed by atoms with van der Waals surface area (Å²) in [5.41, 5.74) is 1.67. The highest BCUT2D eigenvalue weighted by Crippen LogP contribution is 2.26. The number of aliphatic imine (C=N–C) groups is 1. The van der Waals surface area contributed by atoms with Gasteiger partial charge >= 0.3 is 5.97 Å². The predicted octanol–water partition coefficient (Wildman–Crippen LogP) is 4.04. The summed E-state index contributed by atoms with van der Waals surface area (Å²) in [6.45, 7) is 4.27. The van der Waals surface area contributed by atoms with Crippen molar-refractivity contribution < 1.29 is 19.2 Å². The molecule has 1 heterocycles. The fourth-order valence-corrected chi connectivity index (χ4v) is 2.62. The van der Waals surface area contributed by atoms with E-state index in [-0.39, 0.29) is 17.3 Å². The van der Waals surface area contributed by atoms with Gasteiger partial charge in [-0.15, -0.1) is 0 Å². The number of nitro groups is 1. The molecule has 0 spiro atoms. The number of esters is 1. The van der Waals surface area contributed by atoms with Crippen LogP contribution in [-0.2, 0) is 9.53 Å². The Morgan fingerprint density at radius 2 is 1.96 bits per heavy atom. The molecule has 2 aromatic carbocycles. The zero-order valence-corrected chi connectivity index (χ0v) is 15.0. The predicted molar refractivity (Wildman–Crippen MR) is 101 cm³/mol. The van der Waals surface area contributed by atoms with Crippen LogP contribution in [0.4, 0.5) is 5.69 Å². The molecule has 0 amide bonds. The fourth-order valence-electron chi connectivity index (χ4n) is 2.62. The Balaban J connectivity index is 1.87. The van der Waals surface area contributed by atoms with E-state index in [1.54, 1.807) is 19.1 Å². The zero-order chi connectivity index (χ0) is 19.4. The van der Waals surface area contributed by atoms with E-state index in [1.807, 2.05) is 31.2 Å². The first kappa shape index (κ1) is 18.3. The minimum absolute atomic E-state index is 0.0497. The van der Waals surface area contributed by atoms with Gasteiger partial charge in [-0.3, -0.25) is 10.1 Å². The lowest BCUT2D eigenvalue weighted by Gasteiger charge is -2.04. The lowest BCUT2D eigenvalue weighted by molar-refractivity contribution is -0.385. The van der Waals surface area contributed by atoms with E-state index < -0.39 is 10.9 Å². The topological polar surface area (TPSA) is 91.0 Å². The standard InChI is InChI=1S/C20H18N2O5/c1-3-11-26-15-9-7-14(8-10-15)12-17-20(23)27-19(21-17)16-5-4-6-18(13(16)2)22(24)25/h4-10,12H,3,11H2,1-2H3/b17-12-. The van der Waals surface area contributed by atoms with Crippen molar-refractivity contribution in [3.05, 3.63) is 75.0 Å². The van der Waals surface area contributed by atoms with Gasteiger partial charge in [0.05, 0.1) is 11.5 Å². The molecular formula is C20H18N2O5. The van der Waals surface area contributed by atoms with E-state index in [2.05, 4.69) is 4.99 Å². The molecule has 0 N–H and O–H groups in total. The van der Waals surface area contributed by atoms with Crippen LogP contribution in [0.1, 0.15) is 30.0 Å². The van der Waals surface area contributed by atoms with Crippen LogP contribution in [0.3, 0.4) is 0 Å². The first-order valence-electron chi connectivity index (χ1n) is 8.49. The van der Waals surface area contributed by atoms with Crippen molar-refractivity contribution in [1.82, 2.24) is 0 Å². The van der Waals surface area contributed by atoms with Crippen molar-refractivity contribution >= 4 is 23.6 Å². The first-order valence-corrected chi connectivity index (χ1v) is 8.49. The lowest BCUT2D eigenvalue weighted by atomic mass is 10.1. The number of ether oxygens (including phenoxy) is 2. The van der Waals surface area contributed by atoms with Crippen LogP contribution in [0.2, 0.25) is 0 Å². The van der Waals surface area contributed by atoms with Crippen LogP contribution in [-0.4, -0.2) is 23.4 Å². The molecule has 0 aromatic heterocycles. The van der Waals surface area contributed by atoms with Gasteiger partial charge < -0.3 is 9.47 Å². The van der Waals surface area contributed by atoms with Gasteiger partial charge in [0, 0.05) is 17.2 Å². The quantitative estimate of drug-likeness (QED) is 0.333. The third-order valence-corrected chi connectivity index (χ3v) is 4.01. The van der Waals surface area contributed by atoms with E-state index in [1.165, 1.54) is 12.1 Å². The van der Waals surface area contributed by atoms with Gasteiger partial charge in [0.2, 0.25) is 5.90 Å². The molecule has 1 aliphatic heterocycles. The molecule has 1 aliphatic rings. The number of benzene rings is 2. The van der Waals surface area contributed by atoms with Gasteiger partial charge in [0.1, 0.15) is 5.75 Å². The third-order valence-electron chi connectivity index (χ3n) is 4.01. The number of nitro benzene ring substituents is 1. The van der Waals surface area contributed by atoms with Crippen LogP contribution in [0, 0.1) is 17.0 Å². The average Bonchev–Trinajstić information content (AvgIpc) is 3.01. The van der Waals surface area contributed by atoms with E-state index >= 15 is 0 Å². The summed E-state index contributed by atoms with van der Waals surface area (Å²) in [6, 6.07) is 11.8. The molecule has 27 heavy (non-hydrogen) atoms. The molecule has 7 nitrogen and oxygen atoms in total. The van der Waals surface area contributed by atoms with E-state index in [0.29, 0.717) is 17.7 Å². The molecule has 0 bridgehead atoms. The molecule has 0 radical (unpaired) electrons. The first-order chi connectivity index (χ1) is 13.0. The number of cyclic esters (lactones) is 1. The summed E-state index contributed by atoms with van der Waals surface area (Å²) in [5.74, 6) is 0.224. The van der Waals surface area contributed by atoms with Gasteiger partial charge in [-0.1, -0.05) is 25.1 Å². The Morgan fingerprint density at radius 3 is 2.63 bits per heavy atom. The molecule has 0 fully saturated rings. The molecule has 3 rings (SSSR count). The Kier molecular flexibility index (Phi) is 5.30. The SMILES string of the molecule is CCCOc1ccc(/C=C2\N=C(c3cccc([N+](=O)[O-])c3C)OC2=O)cc1. The van der Waals surface area contributed by atoms with E-state index in [9.17, 15) is 14.9 Å². The molecule has 0 unspecified atom stereocenters. The second kappa shape index (κ2) is 7.82. The molecule has 0 saturated carbocycles. The molecule has 2 aromatic rings. The van der Waals surface area contributed by atoms with Crippen molar-refractivity contribution in [2.24, 2.45) is 4.99 Å². The number of hydrogen-bond donors (Lipinski definition) is 0. The highest BCUT2D eigenvalue weighted by Gasteiger charge is 2.27. The van der Waals surface area contributed by atoms with Crippen LogP contribution < -0.4 is 4.74 Å². The molecule has 0 aliphatic carbocycles. The molecule has 0 atom stereocenters. The molecular weight excluding hydrogens is 348 g/mol. The van der Waals surface area contributed by atoms with E-state index in [0.717, 1.165) is 17.7 Å². The largest absolute Gasteiger partial charge is 0.494 e.